The topological polar surface area (TPSA) is 90.8 Å². The minimum absolute atomic E-state index is 0.0643. The zero-order valence-electron chi connectivity index (χ0n) is 26.3. The highest BCUT2D eigenvalue weighted by molar-refractivity contribution is 6.01. The highest BCUT2D eigenvalue weighted by Gasteiger charge is 2.35. The second-order valence-electron chi connectivity index (χ2n) is 12.1. The number of amides is 2. The van der Waals surface area contributed by atoms with Crippen LogP contribution in [0.3, 0.4) is 0 Å². The van der Waals surface area contributed by atoms with E-state index in [0.29, 0.717) is 54.7 Å². The molecule has 7 nitrogen and oxygen atoms in total. The van der Waals surface area contributed by atoms with Crippen LogP contribution < -0.4 is 0 Å². The average Bonchev–Trinajstić information content (AvgIpc) is 3.03. The predicted molar refractivity (Wildman–Crippen MR) is 169 cm³/mol. The molecule has 1 saturated heterocycles. The minimum Gasteiger partial charge on any atom is -0.392 e. The lowest BCUT2D eigenvalue weighted by atomic mass is 9.79. The Balaban J connectivity index is 1.59. The number of halogens is 2. The summed E-state index contributed by atoms with van der Waals surface area (Å²) in [5.74, 6) is -3.06. The van der Waals surface area contributed by atoms with Crippen LogP contribution in [-0.2, 0) is 6.42 Å². The number of hydrogen-bond acceptors (Lipinski definition) is 5. The molecule has 1 N–H and O–H groups in total. The van der Waals surface area contributed by atoms with Gasteiger partial charge in [-0.1, -0.05) is 13.8 Å². The maximum Gasteiger partial charge on any atom is 0.253 e. The van der Waals surface area contributed by atoms with Crippen LogP contribution in [0.4, 0.5) is 8.78 Å². The zero-order valence-corrected chi connectivity index (χ0v) is 26.3. The van der Waals surface area contributed by atoms with Gasteiger partial charge in [-0.05, 0) is 98.5 Å². The number of hydrogen-bond donors (Lipinski definition) is 1. The zero-order chi connectivity index (χ0) is 32.5. The normalized spacial score (nSPS) is 16.2. The van der Waals surface area contributed by atoms with Crippen LogP contribution >= 0.6 is 0 Å². The molecule has 4 rings (SSSR count). The lowest BCUT2D eigenvalue weighted by Gasteiger charge is -2.38. The highest BCUT2D eigenvalue weighted by atomic mass is 19.1. The predicted octanol–water partition coefficient (Wildman–Crippen LogP) is 6.28. The molecule has 0 unspecified atom stereocenters. The number of rotatable bonds is 13. The van der Waals surface area contributed by atoms with Gasteiger partial charge in [-0.2, -0.15) is 0 Å². The van der Waals surface area contributed by atoms with Crippen LogP contribution in [0.1, 0.15) is 88.2 Å². The Bertz CT molecular complexity index is 1460. The molecule has 1 fully saturated rings. The Kier molecular flexibility index (Phi) is 11.9. The molecule has 240 valence electrons. The van der Waals surface area contributed by atoms with E-state index >= 15 is 0 Å². The first kappa shape index (κ1) is 33.9. The Hall–Kier alpha value is -3.98. The van der Waals surface area contributed by atoms with Gasteiger partial charge in [-0.25, -0.2) is 8.78 Å². The summed E-state index contributed by atoms with van der Waals surface area (Å²) in [5.41, 5.74) is 2.39. The van der Waals surface area contributed by atoms with Crippen LogP contribution in [0.15, 0.2) is 60.9 Å². The van der Waals surface area contributed by atoms with Gasteiger partial charge in [0.1, 0.15) is 11.6 Å². The number of Topliss-reactive ketones (excluding diaryl/α,β-unsaturated/α-hetero) is 1. The van der Waals surface area contributed by atoms with Crippen LogP contribution in [-0.4, -0.2) is 69.8 Å². The number of likely N-dealkylation sites (tertiary alicyclic amines) is 1. The molecule has 9 heteroatoms. The first-order valence-electron chi connectivity index (χ1n) is 15.9. The van der Waals surface area contributed by atoms with Crippen LogP contribution in [0.5, 0.6) is 0 Å². The van der Waals surface area contributed by atoms with Gasteiger partial charge in [-0.3, -0.25) is 19.4 Å². The Morgan fingerprint density at radius 1 is 0.956 bits per heavy atom. The fourth-order valence-corrected chi connectivity index (χ4v) is 6.34. The van der Waals surface area contributed by atoms with Crippen molar-refractivity contribution >= 4 is 17.6 Å². The van der Waals surface area contributed by atoms with Crippen molar-refractivity contribution in [1.82, 2.24) is 14.8 Å². The Morgan fingerprint density at radius 2 is 1.60 bits per heavy atom. The number of benzene rings is 2. The van der Waals surface area contributed by atoms with E-state index in [1.54, 1.807) is 52.5 Å². The van der Waals surface area contributed by atoms with Gasteiger partial charge in [0.25, 0.3) is 11.8 Å². The summed E-state index contributed by atoms with van der Waals surface area (Å²) < 4.78 is 28.3. The number of aryl methyl sites for hydroxylation is 1. The van der Waals surface area contributed by atoms with Crippen molar-refractivity contribution in [2.24, 2.45) is 11.8 Å². The molecule has 0 saturated carbocycles. The van der Waals surface area contributed by atoms with Crippen molar-refractivity contribution in [1.29, 1.82) is 0 Å². The second kappa shape index (κ2) is 15.8. The third-order valence-corrected chi connectivity index (χ3v) is 8.43. The van der Waals surface area contributed by atoms with E-state index in [4.69, 9.17) is 0 Å². The molecule has 3 aromatic rings. The first-order chi connectivity index (χ1) is 21.6. The summed E-state index contributed by atoms with van der Waals surface area (Å²) in [6, 6.07) is 11.6. The molecule has 3 atom stereocenters. The van der Waals surface area contributed by atoms with E-state index in [1.165, 1.54) is 12.1 Å². The van der Waals surface area contributed by atoms with Crippen LogP contribution in [0.25, 0.3) is 0 Å². The minimum atomic E-state index is -1.02. The molecule has 0 spiro atoms. The van der Waals surface area contributed by atoms with Gasteiger partial charge in [0.2, 0.25) is 0 Å². The fraction of sp³-hybridized carbons (Fsp3) is 0.444. The number of pyridine rings is 1. The number of ketones is 1. The molecule has 0 aliphatic carbocycles. The lowest BCUT2D eigenvalue weighted by molar-refractivity contribution is 0.0100. The maximum atomic E-state index is 14.1. The lowest BCUT2D eigenvalue weighted by Crippen LogP contribution is -2.46. The molecule has 45 heavy (non-hydrogen) atoms. The molecule has 2 amide bonds. The second-order valence-corrected chi connectivity index (χ2v) is 12.1. The van der Waals surface area contributed by atoms with Gasteiger partial charge in [0, 0.05) is 73.7 Å². The van der Waals surface area contributed by atoms with Gasteiger partial charge < -0.3 is 14.9 Å². The van der Waals surface area contributed by atoms with Crippen molar-refractivity contribution in [2.45, 2.75) is 65.4 Å². The molecule has 1 aliphatic heterocycles. The first-order valence-corrected chi connectivity index (χ1v) is 15.9. The molecule has 1 aromatic heterocycles. The molecule has 2 aromatic carbocycles. The summed E-state index contributed by atoms with van der Waals surface area (Å²) in [4.78, 5) is 47.8. The van der Waals surface area contributed by atoms with Gasteiger partial charge in [0.15, 0.2) is 5.78 Å². The van der Waals surface area contributed by atoms with Crippen molar-refractivity contribution in [3.05, 3.63) is 100 Å². The average molecular weight is 620 g/mol. The van der Waals surface area contributed by atoms with E-state index in [1.807, 2.05) is 20.8 Å². The molecule has 0 radical (unpaired) electrons. The molecule has 1 aliphatic rings. The molecular weight excluding hydrogens is 576 g/mol. The van der Waals surface area contributed by atoms with Gasteiger partial charge in [0.05, 0.1) is 6.10 Å². The number of carbonyl (C=O) groups excluding carboxylic acids is 3. The number of carbonyl (C=O) groups is 3. The Morgan fingerprint density at radius 3 is 2.24 bits per heavy atom. The quantitative estimate of drug-likeness (QED) is 0.228. The van der Waals surface area contributed by atoms with Crippen molar-refractivity contribution in [3.63, 3.8) is 0 Å². The van der Waals surface area contributed by atoms with E-state index in [2.05, 4.69) is 4.98 Å². The van der Waals surface area contributed by atoms with Crippen LogP contribution in [0, 0.1) is 30.4 Å². The highest BCUT2D eigenvalue weighted by Crippen LogP contribution is 2.30. The smallest absolute Gasteiger partial charge is 0.253 e. The van der Waals surface area contributed by atoms with E-state index in [9.17, 15) is 28.3 Å². The Labute approximate surface area is 264 Å². The summed E-state index contributed by atoms with van der Waals surface area (Å²) in [5, 5.41) is 11.7. The third kappa shape index (κ3) is 9.03. The van der Waals surface area contributed by atoms with Crippen molar-refractivity contribution < 1.29 is 28.3 Å². The maximum absolute atomic E-state index is 14.1. The number of aliphatic hydroxyl groups excluding tert-OH is 1. The monoisotopic (exact) mass is 619 g/mol. The van der Waals surface area contributed by atoms with Crippen molar-refractivity contribution in [3.8, 4) is 0 Å². The number of aliphatic hydroxyl groups is 1. The summed E-state index contributed by atoms with van der Waals surface area (Å²) in [6.07, 6.45) is 4.99. The fourth-order valence-electron chi connectivity index (χ4n) is 6.34. The number of aromatic nitrogens is 1. The third-order valence-electron chi connectivity index (χ3n) is 8.43. The number of piperidine rings is 1. The largest absolute Gasteiger partial charge is 0.392 e. The van der Waals surface area contributed by atoms with Gasteiger partial charge >= 0.3 is 0 Å². The van der Waals surface area contributed by atoms with E-state index in [0.717, 1.165) is 24.5 Å². The standard InChI is InChI=1S/C36H43F2N3O4/c1-4-12-40(13-5-2)36(45)30-16-24(3)15-28(20-30)33(42)21-29(17-25-18-31(37)22-32(38)19-25)34(43)27-7-6-14-41(23-27)35(44)26-8-10-39-11-9-26/h8-11,15-16,18-20,22,27,29,34,43H,4-7,12-14,17,21,23H2,1-3H3/t27-,29-,34-/m1/s1. The molecule has 2 heterocycles. The van der Waals surface area contributed by atoms with E-state index in [-0.39, 0.29) is 42.9 Å². The van der Waals surface area contributed by atoms with Crippen LogP contribution in [0.2, 0.25) is 0 Å². The van der Waals surface area contributed by atoms with Gasteiger partial charge in [-0.15, -0.1) is 0 Å². The van der Waals surface area contributed by atoms with E-state index < -0.39 is 23.7 Å². The number of nitrogens with zero attached hydrogens (tertiary/aromatic N) is 3. The van der Waals surface area contributed by atoms with Crippen molar-refractivity contribution in [2.75, 3.05) is 26.2 Å². The summed E-state index contributed by atoms with van der Waals surface area (Å²) in [6.45, 7) is 7.91. The SMILES string of the molecule is CCCN(CCC)C(=O)c1cc(C)cc(C(=O)C[C@@H](Cc2cc(F)cc(F)c2)[C@H](O)[C@@H]2CCCN(C(=O)c3ccncc3)C2)c1. The molecule has 0 bridgehead atoms. The summed E-state index contributed by atoms with van der Waals surface area (Å²) >= 11 is 0. The molecular formula is C36H43F2N3O4. The summed E-state index contributed by atoms with van der Waals surface area (Å²) in [7, 11) is 0.